The molecule has 5 aliphatic rings. The molecule has 0 aromatic heterocycles. The summed E-state index contributed by atoms with van der Waals surface area (Å²) in [5, 5.41) is 0. The Morgan fingerprint density at radius 2 is 0.721 bits per heavy atom. The van der Waals surface area contributed by atoms with Gasteiger partial charge >= 0.3 is 0 Å². The van der Waals surface area contributed by atoms with Crippen molar-refractivity contribution >= 4 is 46.3 Å². The summed E-state index contributed by atoms with van der Waals surface area (Å²) in [5.74, 6) is -1.14. The van der Waals surface area contributed by atoms with Gasteiger partial charge in [0.05, 0.1) is 10.8 Å². The number of nitrogens with zero attached hydrogens (tertiary/aromatic N) is 2. The molecule has 0 saturated heterocycles. The van der Waals surface area contributed by atoms with Crippen LogP contribution in [-0.2, 0) is 27.1 Å². The number of hydrogen-bond donors (Lipinski definition) is 0. The molecule has 0 N–H and O–H groups in total. The minimum Gasteiger partial charge on any atom is -0.457 e. The molecule has 0 radical (unpaired) electrons. The molecular formula is C101H78F6N2O2. The molecule has 13 aromatic rings. The van der Waals surface area contributed by atoms with Crippen LogP contribution in [-0.4, -0.2) is 0 Å². The minimum atomic E-state index is -1.57. The van der Waals surface area contributed by atoms with Gasteiger partial charge in [-0.2, -0.15) is 0 Å². The summed E-state index contributed by atoms with van der Waals surface area (Å²) in [7, 11) is 0. The van der Waals surface area contributed by atoms with Gasteiger partial charge in [-0.1, -0.05) is 193 Å². The van der Waals surface area contributed by atoms with Crippen LogP contribution in [0.15, 0.2) is 309 Å². The third-order valence-corrected chi connectivity index (χ3v) is 24.1. The fraction of sp³-hybridized carbons (Fsp3) is 0.149. The number of hydrogen-bond acceptors (Lipinski definition) is 4. The molecule has 546 valence electrons. The van der Waals surface area contributed by atoms with Crippen molar-refractivity contribution < 1.29 is 35.8 Å². The first-order chi connectivity index (χ1) is 53.6. The van der Waals surface area contributed by atoms with Crippen LogP contribution in [0.4, 0.5) is 60.5 Å². The lowest BCUT2D eigenvalue weighted by Crippen LogP contribution is -2.32. The zero-order valence-corrected chi connectivity index (χ0v) is 62.4. The van der Waals surface area contributed by atoms with E-state index in [0.29, 0.717) is 97.5 Å². The van der Waals surface area contributed by atoms with E-state index < -0.39 is 62.0 Å². The Balaban J connectivity index is 0.804. The minimum absolute atomic E-state index is 0.0136. The van der Waals surface area contributed by atoms with E-state index in [1.807, 2.05) is 194 Å². The predicted octanol–water partition coefficient (Wildman–Crippen LogP) is 27.9. The van der Waals surface area contributed by atoms with Gasteiger partial charge in [0.2, 0.25) is 0 Å². The molecule has 10 heteroatoms. The summed E-state index contributed by atoms with van der Waals surface area (Å²) in [6.45, 7) is 20.4. The highest BCUT2D eigenvalue weighted by Crippen LogP contribution is 2.66. The van der Waals surface area contributed by atoms with Crippen molar-refractivity contribution in [2.24, 2.45) is 0 Å². The van der Waals surface area contributed by atoms with E-state index in [1.165, 1.54) is 24.3 Å². The maximum Gasteiger partial charge on any atom is 0.130 e. The van der Waals surface area contributed by atoms with E-state index in [1.54, 1.807) is 50.3 Å². The fourth-order valence-corrected chi connectivity index (χ4v) is 19.3. The molecule has 3 atom stereocenters. The van der Waals surface area contributed by atoms with Crippen molar-refractivity contribution in [2.45, 2.75) is 94.3 Å². The Morgan fingerprint density at radius 3 is 1.15 bits per heavy atom. The number of halogens is 6. The number of benzene rings is 13. The number of fused-ring (bicyclic) bond motifs is 10. The topological polar surface area (TPSA) is 24.9 Å². The Hall–Kier alpha value is -12.4. The van der Waals surface area contributed by atoms with Crippen molar-refractivity contribution in [1.82, 2.24) is 0 Å². The lowest BCUT2D eigenvalue weighted by atomic mass is 9.65. The number of anilines is 6. The summed E-state index contributed by atoms with van der Waals surface area (Å²) >= 11 is 0. The van der Waals surface area contributed by atoms with Gasteiger partial charge in [0.25, 0.3) is 0 Å². The van der Waals surface area contributed by atoms with Crippen LogP contribution >= 0.6 is 0 Å². The monoisotopic (exact) mass is 1460 g/mol. The second-order valence-electron chi connectivity index (χ2n) is 31.5. The van der Waals surface area contributed by atoms with Crippen molar-refractivity contribution in [3.8, 4) is 45.3 Å². The largest absolute Gasteiger partial charge is 0.457 e. The highest BCUT2D eigenvalue weighted by atomic mass is 19.2. The highest BCUT2D eigenvalue weighted by Gasteiger charge is 2.58. The Bertz CT molecular complexity index is 6050. The van der Waals surface area contributed by atoms with Gasteiger partial charge in [0, 0.05) is 57.1 Å². The van der Waals surface area contributed by atoms with Gasteiger partial charge in [-0.05, 0) is 284 Å². The van der Waals surface area contributed by atoms with Crippen LogP contribution in [0.25, 0.3) is 34.4 Å². The summed E-state index contributed by atoms with van der Waals surface area (Å²) < 4.78 is 116. The lowest BCUT2D eigenvalue weighted by molar-refractivity contribution is 0.349. The molecule has 0 bridgehead atoms. The van der Waals surface area contributed by atoms with E-state index >= 15 is 26.3 Å². The maximum atomic E-state index is 17.5. The smallest absolute Gasteiger partial charge is 0.130 e. The standard InChI is InChI=1S/C101H78F6N2O2/c1-9-63-27-41-73(42-28-63)110-75-45-31-65(32-46-75)100(95-89(102)21-15-22-90(95)103)81-19-13-11-17-77(81)79-49-37-67(53-85(79)100)108(71-35-25-61(3)93(106)57-71)69-39-51-83-87(55-69)99(59-97(83,5)6)60-98(7,8)84-52-40-70(56-88(84)99)109(72-36-26-62(4)94(107)58-72)68-38-50-80-78-18-12-14-20-82(78)101(86(80)54-68,96-91(104)23-16-24-92(96)105)66-33-47-76(48-34-66)111-74-43-29-64(10-2)30-44-74/h9-15,17-23,25-58H,1-2,16,24,59-60H2,3-8H3. The van der Waals surface area contributed by atoms with Crippen LogP contribution in [0.3, 0.4) is 0 Å². The maximum absolute atomic E-state index is 17.5. The molecular weight excluding hydrogens is 1390 g/mol. The Kier molecular flexibility index (Phi) is 16.7. The average molecular weight is 1470 g/mol. The number of aryl methyl sites for hydroxylation is 2. The van der Waals surface area contributed by atoms with Gasteiger partial charge in [0.15, 0.2) is 0 Å². The van der Waals surface area contributed by atoms with Crippen molar-refractivity contribution in [3.63, 3.8) is 0 Å². The quantitative estimate of drug-likeness (QED) is 0.0900. The molecule has 0 aliphatic heterocycles. The molecule has 1 spiro atoms. The third-order valence-electron chi connectivity index (χ3n) is 24.1. The first-order valence-electron chi connectivity index (χ1n) is 37.8. The zero-order chi connectivity index (χ0) is 76.6. The first-order valence-corrected chi connectivity index (χ1v) is 37.8. The molecule has 4 nitrogen and oxygen atoms in total. The molecule has 13 aromatic carbocycles. The Morgan fingerprint density at radius 1 is 0.351 bits per heavy atom. The van der Waals surface area contributed by atoms with Gasteiger partial charge in [-0.25, -0.2) is 26.3 Å². The van der Waals surface area contributed by atoms with Crippen LogP contribution in [0.2, 0.25) is 0 Å². The van der Waals surface area contributed by atoms with E-state index in [0.717, 1.165) is 72.6 Å². The number of allylic oxidation sites excluding steroid dienone is 4. The molecule has 111 heavy (non-hydrogen) atoms. The third kappa shape index (κ3) is 11.1. The van der Waals surface area contributed by atoms with Gasteiger partial charge < -0.3 is 19.3 Å². The predicted molar refractivity (Wildman–Crippen MR) is 436 cm³/mol. The average Bonchev–Trinajstić information content (AvgIpc) is 1.54. The van der Waals surface area contributed by atoms with Crippen molar-refractivity contribution in [1.29, 1.82) is 0 Å². The summed E-state index contributed by atoms with van der Waals surface area (Å²) in [6, 6.07) is 85.6. The van der Waals surface area contributed by atoms with E-state index in [2.05, 4.69) is 87.1 Å². The number of rotatable bonds is 16. The van der Waals surface area contributed by atoms with E-state index in [4.69, 9.17) is 9.47 Å². The number of ether oxygens (including phenoxy) is 2. The molecule has 18 rings (SSSR count). The fourth-order valence-electron chi connectivity index (χ4n) is 19.3. The molecule has 0 amide bonds. The second kappa shape index (κ2) is 26.4. The Labute approximate surface area is 643 Å². The lowest BCUT2D eigenvalue weighted by Gasteiger charge is -2.37. The molecule has 0 heterocycles. The molecule has 5 aliphatic carbocycles. The summed E-state index contributed by atoms with van der Waals surface area (Å²) in [5.41, 5.74) is 13.5. The van der Waals surface area contributed by atoms with Crippen molar-refractivity contribution in [3.05, 3.63) is 416 Å². The van der Waals surface area contributed by atoms with Gasteiger partial charge in [-0.15, -0.1) is 0 Å². The van der Waals surface area contributed by atoms with Gasteiger partial charge in [0.1, 0.15) is 57.9 Å². The van der Waals surface area contributed by atoms with Crippen molar-refractivity contribution in [2.75, 3.05) is 9.80 Å². The normalized spacial score (nSPS) is 18.5. The van der Waals surface area contributed by atoms with Crippen LogP contribution < -0.4 is 19.3 Å². The second-order valence-corrected chi connectivity index (χ2v) is 31.5. The van der Waals surface area contributed by atoms with Crippen LogP contribution in [0.1, 0.15) is 137 Å². The first kappa shape index (κ1) is 70.3. The molecule has 3 unspecified atom stereocenters. The van der Waals surface area contributed by atoms with E-state index in [-0.39, 0.29) is 24.0 Å². The van der Waals surface area contributed by atoms with Gasteiger partial charge in [-0.3, -0.25) is 0 Å². The summed E-state index contributed by atoms with van der Waals surface area (Å²) in [4.78, 5) is 4.13. The SMILES string of the molecule is C=Cc1ccc(Oc2ccc(C3(C4=C(F)CCC=C4F)c4ccccc4-c4ccc(N(c5ccc(C)c(F)c5)c5ccc6c(c5)C5(CC6(C)C)CC(C)(C)c6ccc(N(c7ccc(C)c(F)c7)c7ccc8c(c7)C(c7ccc(Oc9ccc(C=C)cc9)cc7)(c7c(F)cccc7F)c7ccccc7-8)cc65)cc43)cc2)cc1. The summed E-state index contributed by atoms with van der Waals surface area (Å²) in [6.07, 6.45) is 6.65. The highest BCUT2D eigenvalue weighted by molar-refractivity contribution is 5.93. The molecule has 0 fully saturated rings. The van der Waals surface area contributed by atoms with Crippen LogP contribution in [0, 0.1) is 37.1 Å². The zero-order valence-electron chi connectivity index (χ0n) is 62.4. The van der Waals surface area contributed by atoms with E-state index in [9.17, 15) is 0 Å². The molecule has 0 saturated carbocycles. The van der Waals surface area contributed by atoms with Crippen LogP contribution in [0.5, 0.6) is 23.0 Å².